The number of aromatic nitrogens is 1. The lowest BCUT2D eigenvalue weighted by Gasteiger charge is -2.09. The summed E-state index contributed by atoms with van der Waals surface area (Å²) in [6, 6.07) is 7.12. The molecule has 3 aromatic heterocycles. The minimum Gasteiger partial charge on any atom is -0.464 e. The van der Waals surface area contributed by atoms with E-state index in [0.29, 0.717) is 16.5 Å². The highest BCUT2D eigenvalue weighted by Gasteiger charge is 2.17. The number of aryl methyl sites for hydroxylation is 1. The Balaban J connectivity index is 1.71. The first kappa shape index (κ1) is 13.6. The Morgan fingerprint density at radius 1 is 1.38 bits per heavy atom. The van der Waals surface area contributed by atoms with Gasteiger partial charge in [-0.05, 0) is 38.1 Å². The predicted octanol–water partition coefficient (Wildman–Crippen LogP) is 3.80. The van der Waals surface area contributed by atoms with E-state index in [1.807, 2.05) is 32.0 Å². The summed E-state index contributed by atoms with van der Waals surface area (Å²) in [7, 11) is 0. The minimum absolute atomic E-state index is 0.208. The molecule has 1 atom stereocenters. The van der Waals surface area contributed by atoms with Gasteiger partial charge in [0.2, 0.25) is 0 Å². The lowest BCUT2D eigenvalue weighted by molar-refractivity contribution is 0.0931. The highest BCUT2D eigenvalue weighted by molar-refractivity contribution is 7.13. The van der Waals surface area contributed by atoms with Crippen LogP contribution in [0.15, 0.2) is 44.7 Å². The van der Waals surface area contributed by atoms with Crippen molar-refractivity contribution in [2.75, 3.05) is 0 Å². The van der Waals surface area contributed by atoms with Crippen molar-refractivity contribution in [3.8, 4) is 10.8 Å². The third kappa shape index (κ3) is 2.90. The molecule has 0 aliphatic carbocycles. The number of nitrogens with one attached hydrogen (secondary N) is 1. The van der Waals surface area contributed by atoms with E-state index in [9.17, 15) is 4.79 Å². The van der Waals surface area contributed by atoms with E-state index in [1.54, 1.807) is 17.7 Å². The van der Waals surface area contributed by atoms with E-state index in [4.69, 9.17) is 8.83 Å². The Bertz CT molecular complexity index is 743. The number of hydrogen-bond donors (Lipinski definition) is 1. The molecule has 1 unspecified atom stereocenters. The summed E-state index contributed by atoms with van der Waals surface area (Å²) in [4.78, 5) is 16.5. The fourth-order valence-electron chi connectivity index (χ4n) is 1.92. The van der Waals surface area contributed by atoms with Crippen molar-refractivity contribution in [3.63, 3.8) is 0 Å². The van der Waals surface area contributed by atoms with Crippen LogP contribution in [0.4, 0.5) is 0 Å². The quantitative estimate of drug-likeness (QED) is 0.796. The first-order valence-corrected chi connectivity index (χ1v) is 7.38. The fourth-order valence-corrected chi connectivity index (χ4v) is 2.69. The molecule has 3 heterocycles. The summed E-state index contributed by atoms with van der Waals surface area (Å²) in [5, 5.41) is 5.27. The number of hydrogen-bond acceptors (Lipinski definition) is 5. The first-order valence-electron chi connectivity index (χ1n) is 6.50. The average Bonchev–Trinajstić information content (AvgIpc) is 3.19. The Hall–Kier alpha value is -2.34. The molecule has 3 aromatic rings. The Morgan fingerprint density at radius 3 is 2.90 bits per heavy atom. The lowest BCUT2D eigenvalue weighted by atomic mass is 10.2. The van der Waals surface area contributed by atoms with Gasteiger partial charge in [-0.2, -0.15) is 0 Å². The second-order valence-corrected chi connectivity index (χ2v) is 5.52. The van der Waals surface area contributed by atoms with Gasteiger partial charge in [-0.1, -0.05) is 0 Å². The molecule has 21 heavy (non-hydrogen) atoms. The van der Waals surface area contributed by atoms with Crippen LogP contribution in [0.25, 0.3) is 10.8 Å². The molecule has 0 saturated carbocycles. The number of carbonyl (C=O) groups is 1. The molecule has 3 rings (SSSR count). The van der Waals surface area contributed by atoms with Gasteiger partial charge in [0.1, 0.15) is 17.2 Å². The Labute approximate surface area is 125 Å². The molecule has 0 spiro atoms. The Kier molecular flexibility index (Phi) is 3.62. The van der Waals surface area contributed by atoms with Crippen LogP contribution in [0.1, 0.15) is 35.0 Å². The maximum Gasteiger partial charge on any atom is 0.271 e. The minimum atomic E-state index is -0.231. The van der Waals surface area contributed by atoms with Crippen LogP contribution in [-0.2, 0) is 0 Å². The summed E-state index contributed by atoms with van der Waals surface area (Å²) in [5.74, 6) is 1.97. The van der Waals surface area contributed by atoms with E-state index >= 15 is 0 Å². The van der Waals surface area contributed by atoms with Gasteiger partial charge in [0.15, 0.2) is 10.8 Å². The summed E-state index contributed by atoms with van der Waals surface area (Å²) in [5.41, 5.74) is 0.376. The smallest absolute Gasteiger partial charge is 0.271 e. The van der Waals surface area contributed by atoms with Crippen LogP contribution in [0.2, 0.25) is 0 Å². The number of amides is 1. The average molecular weight is 302 g/mol. The summed E-state index contributed by atoms with van der Waals surface area (Å²) < 4.78 is 10.8. The molecule has 1 amide bonds. The maximum atomic E-state index is 12.2. The number of thiazole rings is 1. The molecule has 0 radical (unpaired) electrons. The second-order valence-electron chi connectivity index (χ2n) is 4.66. The van der Waals surface area contributed by atoms with Crippen LogP contribution in [0.5, 0.6) is 0 Å². The first-order chi connectivity index (χ1) is 10.1. The van der Waals surface area contributed by atoms with Gasteiger partial charge >= 0.3 is 0 Å². The molecule has 0 saturated heterocycles. The molecule has 0 aromatic carbocycles. The number of carbonyl (C=O) groups excluding carboxylic acids is 1. The molecule has 0 aliphatic rings. The zero-order chi connectivity index (χ0) is 14.8. The van der Waals surface area contributed by atoms with E-state index in [2.05, 4.69) is 10.3 Å². The van der Waals surface area contributed by atoms with Crippen LogP contribution in [0.3, 0.4) is 0 Å². The van der Waals surface area contributed by atoms with E-state index in [0.717, 1.165) is 11.5 Å². The Morgan fingerprint density at radius 2 is 2.24 bits per heavy atom. The molecule has 0 fully saturated rings. The SMILES string of the molecule is Cc1ccc(C(C)NC(=O)c2csc(-c3ccco3)n2)o1. The van der Waals surface area contributed by atoms with Crippen molar-refractivity contribution in [2.45, 2.75) is 19.9 Å². The van der Waals surface area contributed by atoms with Gasteiger partial charge in [-0.15, -0.1) is 11.3 Å². The largest absolute Gasteiger partial charge is 0.464 e. The molecule has 6 heteroatoms. The van der Waals surface area contributed by atoms with Gasteiger partial charge in [0, 0.05) is 5.38 Å². The van der Waals surface area contributed by atoms with Gasteiger partial charge in [0.05, 0.1) is 12.3 Å². The van der Waals surface area contributed by atoms with Crippen molar-refractivity contribution >= 4 is 17.2 Å². The van der Waals surface area contributed by atoms with Crippen molar-refractivity contribution in [3.05, 3.63) is 53.1 Å². The molecule has 1 N–H and O–H groups in total. The zero-order valence-corrected chi connectivity index (χ0v) is 12.4. The molecule has 0 aliphatic heterocycles. The van der Waals surface area contributed by atoms with E-state index in [-0.39, 0.29) is 11.9 Å². The van der Waals surface area contributed by atoms with Crippen LogP contribution < -0.4 is 5.32 Å². The zero-order valence-electron chi connectivity index (χ0n) is 11.6. The number of furan rings is 2. The number of nitrogens with zero attached hydrogens (tertiary/aromatic N) is 1. The van der Waals surface area contributed by atoms with Crippen LogP contribution in [-0.4, -0.2) is 10.9 Å². The standard InChI is InChI=1S/C15H14N2O3S/c1-9-5-6-12(20-9)10(2)16-14(18)11-8-21-15(17-11)13-4-3-7-19-13/h3-8,10H,1-2H3,(H,16,18). The van der Waals surface area contributed by atoms with Gasteiger partial charge in [-0.25, -0.2) is 4.98 Å². The normalized spacial score (nSPS) is 12.3. The molecule has 108 valence electrons. The van der Waals surface area contributed by atoms with Gasteiger partial charge < -0.3 is 14.2 Å². The third-order valence-electron chi connectivity index (χ3n) is 3.00. The van der Waals surface area contributed by atoms with Gasteiger partial charge in [0.25, 0.3) is 5.91 Å². The summed E-state index contributed by atoms with van der Waals surface area (Å²) in [6.07, 6.45) is 1.58. The lowest BCUT2D eigenvalue weighted by Crippen LogP contribution is -2.26. The van der Waals surface area contributed by atoms with Crippen LogP contribution in [0, 0.1) is 6.92 Å². The summed E-state index contributed by atoms with van der Waals surface area (Å²) >= 11 is 1.37. The van der Waals surface area contributed by atoms with Crippen molar-refractivity contribution < 1.29 is 13.6 Å². The number of rotatable bonds is 4. The van der Waals surface area contributed by atoms with E-state index in [1.165, 1.54) is 11.3 Å². The van der Waals surface area contributed by atoms with E-state index < -0.39 is 0 Å². The van der Waals surface area contributed by atoms with Crippen LogP contribution >= 0.6 is 11.3 Å². The van der Waals surface area contributed by atoms with Crippen molar-refractivity contribution in [1.29, 1.82) is 0 Å². The monoisotopic (exact) mass is 302 g/mol. The third-order valence-corrected chi connectivity index (χ3v) is 3.86. The fraction of sp³-hybridized carbons (Fsp3) is 0.200. The van der Waals surface area contributed by atoms with Crippen molar-refractivity contribution in [1.82, 2.24) is 10.3 Å². The predicted molar refractivity (Wildman–Crippen MR) is 79.1 cm³/mol. The molecule has 5 nitrogen and oxygen atoms in total. The molecular weight excluding hydrogens is 288 g/mol. The summed E-state index contributed by atoms with van der Waals surface area (Å²) in [6.45, 7) is 3.74. The van der Waals surface area contributed by atoms with Gasteiger partial charge in [-0.3, -0.25) is 4.79 Å². The maximum absolute atomic E-state index is 12.2. The molecule has 0 bridgehead atoms. The topological polar surface area (TPSA) is 68.3 Å². The highest BCUT2D eigenvalue weighted by Crippen LogP contribution is 2.24. The van der Waals surface area contributed by atoms with Crippen molar-refractivity contribution in [2.24, 2.45) is 0 Å². The second kappa shape index (κ2) is 5.57. The molecular formula is C15H14N2O3S. The highest BCUT2D eigenvalue weighted by atomic mass is 32.1.